The standard InChI is InChI=1S/C38H38/c1-3-5-7-29-9-13-31(14-10-29)17-19-33-21-25-37-35(27-33)23-24-36-28-34(22-26-38(36)37)20-18-32-15-11-30(12-16-32)8-6-4-2/h9-28H,3-8H2,1-2H3/b19-17+,20-18+. The predicted molar refractivity (Wildman–Crippen MR) is 169 cm³/mol. The van der Waals surface area contributed by atoms with E-state index in [9.17, 15) is 0 Å². The quantitative estimate of drug-likeness (QED) is 0.134. The third kappa shape index (κ3) is 6.50. The molecule has 0 spiro atoms. The number of benzene rings is 5. The van der Waals surface area contributed by atoms with Crippen molar-refractivity contribution < 1.29 is 0 Å². The van der Waals surface area contributed by atoms with Gasteiger partial charge in [0, 0.05) is 0 Å². The summed E-state index contributed by atoms with van der Waals surface area (Å²) in [6.07, 6.45) is 16.2. The average molecular weight is 495 g/mol. The van der Waals surface area contributed by atoms with Gasteiger partial charge in [-0.1, -0.05) is 136 Å². The molecule has 0 unspecified atom stereocenters. The van der Waals surface area contributed by atoms with Gasteiger partial charge < -0.3 is 0 Å². The minimum absolute atomic E-state index is 1.17. The first-order chi connectivity index (χ1) is 18.7. The van der Waals surface area contributed by atoms with E-state index in [0.717, 1.165) is 0 Å². The van der Waals surface area contributed by atoms with Crippen molar-refractivity contribution in [3.8, 4) is 0 Å². The molecule has 5 aromatic carbocycles. The number of aryl methyl sites for hydroxylation is 2. The molecule has 0 amide bonds. The summed E-state index contributed by atoms with van der Waals surface area (Å²) >= 11 is 0. The van der Waals surface area contributed by atoms with Gasteiger partial charge >= 0.3 is 0 Å². The molecule has 0 heterocycles. The second-order valence-corrected chi connectivity index (χ2v) is 10.4. The highest BCUT2D eigenvalue weighted by Crippen LogP contribution is 2.28. The van der Waals surface area contributed by atoms with Gasteiger partial charge in [-0.2, -0.15) is 0 Å². The zero-order valence-electron chi connectivity index (χ0n) is 22.8. The van der Waals surface area contributed by atoms with Crippen molar-refractivity contribution in [2.75, 3.05) is 0 Å². The van der Waals surface area contributed by atoms with Crippen molar-refractivity contribution in [1.29, 1.82) is 0 Å². The Kier molecular flexibility index (Phi) is 8.51. The average Bonchev–Trinajstić information content (AvgIpc) is 2.97. The van der Waals surface area contributed by atoms with E-state index in [4.69, 9.17) is 0 Å². The molecule has 5 rings (SSSR count). The Morgan fingerprint density at radius 1 is 0.421 bits per heavy atom. The van der Waals surface area contributed by atoms with Crippen molar-refractivity contribution in [3.63, 3.8) is 0 Å². The van der Waals surface area contributed by atoms with Gasteiger partial charge in [0.1, 0.15) is 0 Å². The lowest BCUT2D eigenvalue weighted by molar-refractivity contribution is 0.795. The molecular weight excluding hydrogens is 456 g/mol. The van der Waals surface area contributed by atoms with Crippen LogP contribution in [-0.2, 0) is 12.8 Å². The third-order valence-electron chi connectivity index (χ3n) is 7.42. The third-order valence-corrected chi connectivity index (χ3v) is 7.42. The Bertz CT molecular complexity index is 1430. The molecular formula is C38H38. The summed E-state index contributed by atoms with van der Waals surface area (Å²) in [5, 5.41) is 5.17. The Morgan fingerprint density at radius 2 is 0.789 bits per heavy atom. The van der Waals surface area contributed by atoms with Crippen molar-refractivity contribution >= 4 is 45.8 Å². The Balaban J connectivity index is 1.30. The molecule has 0 nitrogen and oxygen atoms in total. The van der Waals surface area contributed by atoms with Gasteiger partial charge in [0.2, 0.25) is 0 Å². The maximum absolute atomic E-state index is 2.29. The molecule has 5 aromatic rings. The first-order valence-corrected chi connectivity index (χ1v) is 14.2. The Morgan fingerprint density at radius 3 is 1.18 bits per heavy atom. The van der Waals surface area contributed by atoms with Crippen LogP contribution in [0.25, 0.3) is 45.8 Å². The monoisotopic (exact) mass is 494 g/mol. The molecule has 0 N–H and O–H groups in total. The number of rotatable bonds is 10. The van der Waals surface area contributed by atoms with Gasteiger partial charge in [-0.3, -0.25) is 0 Å². The van der Waals surface area contributed by atoms with Crippen molar-refractivity contribution in [2.45, 2.75) is 52.4 Å². The Hall–Kier alpha value is -3.90. The summed E-state index contributed by atoms with van der Waals surface area (Å²) in [6, 6.07) is 36.0. The maximum atomic E-state index is 2.29. The first-order valence-electron chi connectivity index (χ1n) is 14.2. The van der Waals surface area contributed by atoms with Crippen LogP contribution in [0.3, 0.4) is 0 Å². The lowest BCUT2D eigenvalue weighted by Crippen LogP contribution is -1.84. The predicted octanol–water partition coefficient (Wildman–Crippen LogP) is 11.0. The van der Waals surface area contributed by atoms with Crippen LogP contribution >= 0.6 is 0 Å². The summed E-state index contributed by atoms with van der Waals surface area (Å²) in [5.74, 6) is 0. The summed E-state index contributed by atoms with van der Waals surface area (Å²) < 4.78 is 0. The Labute approximate surface area is 228 Å². The van der Waals surface area contributed by atoms with Crippen LogP contribution in [0.15, 0.2) is 97.1 Å². The fraction of sp³-hybridized carbons (Fsp3) is 0.211. The fourth-order valence-corrected chi connectivity index (χ4v) is 5.05. The molecule has 0 aliphatic carbocycles. The second kappa shape index (κ2) is 12.6. The van der Waals surface area contributed by atoms with E-state index in [1.165, 1.54) is 93.5 Å². The molecule has 0 bridgehead atoms. The fourth-order valence-electron chi connectivity index (χ4n) is 5.05. The van der Waals surface area contributed by atoms with Crippen molar-refractivity contribution in [3.05, 3.63) is 130 Å². The van der Waals surface area contributed by atoms with Gasteiger partial charge in [-0.15, -0.1) is 0 Å². The van der Waals surface area contributed by atoms with Crippen LogP contribution in [0.1, 0.15) is 72.9 Å². The molecule has 0 radical (unpaired) electrons. The lowest BCUT2D eigenvalue weighted by Gasteiger charge is -2.07. The maximum Gasteiger partial charge on any atom is -0.0105 e. The van der Waals surface area contributed by atoms with E-state index in [-0.39, 0.29) is 0 Å². The van der Waals surface area contributed by atoms with E-state index in [0.29, 0.717) is 0 Å². The largest absolute Gasteiger partial charge is 0.0654 e. The van der Waals surface area contributed by atoms with Gasteiger partial charge in [-0.05, 0) is 92.7 Å². The normalized spacial score (nSPS) is 11.8. The van der Waals surface area contributed by atoms with Crippen LogP contribution in [0.4, 0.5) is 0 Å². The molecule has 0 fully saturated rings. The highest BCUT2D eigenvalue weighted by atomic mass is 14.1. The number of unbranched alkanes of at least 4 members (excludes halogenated alkanes) is 2. The SMILES string of the molecule is CCCCc1ccc(/C=C/c2ccc3c(ccc4cc(/C=C/c5ccc(CCCC)cc5)ccc43)c2)cc1. The molecule has 0 saturated carbocycles. The zero-order valence-corrected chi connectivity index (χ0v) is 22.8. The summed E-state index contributed by atoms with van der Waals surface area (Å²) in [4.78, 5) is 0. The van der Waals surface area contributed by atoms with Gasteiger partial charge in [-0.25, -0.2) is 0 Å². The van der Waals surface area contributed by atoms with Gasteiger partial charge in [0.05, 0.1) is 0 Å². The summed E-state index contributed by atoms with van der Waals surface area (Å²) in [5.41, 5.74) is 7.81. The van der Waals surface area contributed by atoms with Crippen LogP contribution in [0.2, 0.25) is 0 Å². The van der Waals surface area contributed by atoms with Gasteiger partial charge in [0.25, 0.3) is 0 Å². The minimum Gasteiger partial charge on any atom is -0.0654 e. The minimum atomic E-state index is 1.17. The van der Waals surface area contributed by atoms with Gasteiger partial charge in [0.15, 0.2) is 0 Å². The summed E-state index contributed by atoms with van der Waals surface area (Å²) in [7, 11) is 0. The molecule has 0 atom stereocenters. The van der Waals surface area contributed by atoms with E-state index in [1.54, 1.807) is 0 Å². The van der Waals surface area contributed by atoms with E-state index < -0.39 is 0 Å². The molecule has 0 aliphatic rings. The topological polar surface area (TPSA) is 0 Å². The number of hydrogen-bond donors (Lipinski definition) is 0. The molecule has 190 valence electrons. The molecule has 0 heteroatoms. The molecule has 38 heavy (non-hydrogen) atoms. The van der Waals surface area contributed by atoms with Crippen molar-refractivity contribution in [1.82, 2.24) is 0 Å². The summed E-state index contributed by atoms with van der Waals surface area (Å²) in [6.45, 7) is 4.49. The van der Waals surface area contributed by atoms with E-state index in [1.807, 2.05) is 0 Å². The first kappa shape index (κ1) is 25.7. The second-order valence-electron chi connectivity index (χ2n) is 10.4. The van der Waals surface area contributed by atoms with Crippen LogP contribution < -0.4 is 0 Å². The molecule has 0 aromatic heterocycles. The highest BCUT2D eigenvalue weighted by Gasteiger charge is 2.02. The molecule has 0 saturated heterocycles. The highest BCUT2D eigenvalue weighted by molar-refractivity contribution is 6.08. The smallest absolute Gasteiger partial charge is 0.0105 e. The molecule has 0 aliphatic heterocycles. The van der Waals surface area contributed by atoms with Crippen LogP contribution in [0.5, 0.6) is 0 Å². The number of fused-ring (bicyclic) bond motifs is 3. The van der Waals surface area contributed by atoms with E-state index >= 15 is 0 Å². The van der Waals surface area contributed by atoms with Crippen LogP contribution in [0, 0.1) is 0 Å². The van der Waals surface area contributed by atoms with Crippen LogP contribution in [-0.4, -0.2) is 0 Å². The lowest BCUT2D eigenvalue weighted by atomic mass is 9.98. The number of hydrogen-bond acceptors (Lipinski definition) is 0. The van der Waals surface area contributed by atoms with Crippen molar-refractivity contribution in [2.24, 2.45) is 0 Å². The van der Waals surface area contributed by atoms with E-state index in [2.05, 4.69) is 135 Å². The zero-order chi connectivity index (χ0) is 26.2.